The number of hydrogen-bond acceptors (Lipinski definition) is 3. The van der Waals surface area contributed by atoms with E-state index in [2.05, 4.69) is 35.6 Å². The van der Waals surface area contributed by atoms with Gasteiger partial charge in [-0.15, -0.1) is 0 Å². The Bertz CT molecular complexity index is 1150. The number of rotatable bonds is 7. The Morgan fingerprint density at radius 1 is 0.800 bits per heavy atom. The third-order valence-corrected chi connectivity index (χ3v) is 5.64. The van der Waals surface area contributed by atoms with E-state index in [-0.39, 0.29) is 6.61 Å². The number of fused-ring (bicyclic) bond motifs is 1. The number of halogens is 2. The molecule has 0 aromatic heterocycles. The fourth-order valence-electron chi connectivity index (χ4n) is 3.34. The fraction of sp³-hybridized carbons (Fsp3) is 0.120. The van der Waals surface area contributed by atoms with Gasteiger partial charge in [0.15, 0.2) is 11.5 Å². The molecule has 0 heterocycles. The maximum atomic E-state index is 6.23. The van der Waals surface area contributed by atoms with Crippen LogP contribution >= 0.6 is 23.2 Å². The molecule has 0 bridgehead atoms. The van der Waals surface area contributed by atoms with E-state index < -0.39 is 0 Å². The molecular weight excluding hydrogens is 417 g/mol. The topological polar surface area (TPSA) is 30.5 Å². The van der Waals surface area contributed by atoms with Gasteiger partial charge in [0.25, 0.3) is 0 Å². The average Bonchev–Trinajstić information content (AvgIpc) is 2.77. The zero-order chi connectivity index (χ0) is 20.9. The summed E-state index contributed by atoms with van der Waals surface area (Å²) in [5, 5.41) is 7.09. The molecule has 0 saturated heterocycles. The molecular formula is C25H21Cl2NO2. The molecule has 0 aliphatic rings. The quantitative estimate of drug-likeness (QED) is 0.327. The first kappa shape index (κ1) is 20.4. The summed E-state index contributed by atoms with van der Waals surface area (Å²) in [6.45, 7) is 0.934. The molecule has 0 amide bonds. The van der Waals surface area contributed by atoms with E-state index in [0.717, 1.165) is 16.8 Å². The standard InChI is InChI=1S/C25H21Cl2NO2/c1-29-25-14-17(15-28-23-11-4-7-18-6-2-3-8-19(18)23)12-13-24(25)30-16-20-21(26)9-5-10-22(20)27/h2-14,28H,15-16H2,1H3. The summed E-state index contributed by atoms with van der Waals surface area (Å²) in [7, 11) is 1.63. The highest BCUT2D eigenvalue weighted by Gasteiger charge is 2.10. The Labute approximate surface area is 186 Å². The Hall–Kier alpha value is -2.88. The largest absolute Gasteiger partial charge is 0.493 e. The predicted octanol–water partition coefficient (Wildman–Crippen LogP) is 7.35. The van der Waals surface area contributed by atoms with Crippen LogP contribution in [0.3, 0.4) is 0 Å². The van der Waals surface area contributed by atoms with E-state index in [1.165, 1.54) is 10.8 Å². The fourth-order valence-corrected chi connectivity index (χ4v) is 3.84. The van der Waals surface area contributed by atoms with Crippen molar-refractivity contribution in [2.75, 3.05) is 12.4 Å². The van der Waals surface area contributed by atoms with E-state index in [9.17, 15) is 0 Å². The van der Waals surface area contributed by atoms with Gasteiger partial charge in [0.05, 0.1) is 7.11 Å². The van der Waals surface area contributed by atoms with Crippen LogP contribution in [0.1, 0.15) is 11.1 Å². The molecule has 0 aliphatic heterocycles. The predicted molar refractivity (Wildman–Crippen MR) is 125 cm³/mol. The van der Waals surface area contributed by atoms with Crippen molar-refractivity contribution < 1.29 is 9.47 Å². The smallest absolute Gasteiger partial charge is 0.161 e. The third kappa shape index (κ3) is 4.48. The molecule has 30 heavy (non-hydrogen) atoms. The van der Waals surface area contributed by atoms with Gasteiger partial charge < -0.3 is 14.8 Å². The van der Waals surface area contributed by atoms with Crippen LogP contribution in [0.5, 0.6) is 11.5 Å². The van der Waals surface area contributed by atoms with E-state index >= 15 is 0 Å². The van der Waals surface area contributed by atoms with Crippen molar-refractivity contribution in [3.05, 3.63) is 100 Å². The summed E-state index contributed by atoms with van der Waals surface area (Å²) in [6, 6.07) is 25.9. The molecule has 4 rings (SSSR count). The number of ether oxygens (including phenoxy) is 2. The summed E-state index contributed by atoms with van der Waals surface area (Å²) in [5.74, 6) is 1.30. The van der Waals surface area contributed by atoms with Crippen molar-refractivity contribution in [3.8, 4) is 11.5 Å². The second-order valence-electron chi connectivity index (χ2n) is 6.85. The zero-order valence-electron chi connectivity index (χ0n) is 16.5. The highest BCUT2D eigenvalue weighted by Crippen LogP contribution is 2.32. The first-order valence-corrected chi connectivity index (χ1v) is 10.4. The van der Waals surface area contributed by atoms with Crippen molar-refractivity contribution >= 4 is 39.7 Å². The van der Waals surface area contributed by atoms with Gasteiger partial charge in [0.2, 0.25) is 0 Å². The molecule has 0 saturated carbocycles. The minimum atomic E-state index is 0.266. The van der Waals surface area contributed by atoms with Gasteiger partial charge in [-0.05, 0) is 41.3 Å². The number of anilines is 1. The van der Waals surface area contributed by atoms with E-state index in [4.69, 9.17) is 32.7 Å². The highest BCUT2D eigenvalue weighted by molar-refractivity contribution is 6.35. The minimum absolute atomic E-state index is 0.266. The number of methoxy groups -OCH3 is 1. The number of nitrogens with one attached hydrogen (secondary N) is 1. The maximum Gasteiger partial charge on any atom is 0.161 e. The van der Waals surface area contributed by atoms with Crippen molar-refractivity contribution in [2.45, 2.75) is 13.2 Å². The minimum Gasteiger partial charge on any atom is -0.493 e. The molecule has 3 nitrogen and oxygen atoms in total. The van der Waals surface area contributed by atoms with Crippen molar-refractivity contribution in [3.63, 3.8) is 0 Å². The summed E-state index contributed by atoms with van der Waals surface area (Å²) < 4.78 is 11.5. The van der Waals surface area contributed by atoms with Crippen LogP contribution in [-0.2, 0) is 13.2 Å². The SMILES string of the molecule is COc1cc(CNc2cccc3ccccc23)ccc1OCc1c(Cl)cccc1Cl. The number of hydrogen-bond donors (Lipinski definition) is 1. The van der Waals surface area contributed by atoms with Gasteiger partial charge in [0, 0.05) is 33.2 Å². The molecule has 0 spiro atoms. The van der Waals surface area contributed by atoms with Crippen LogP contribution in [-0.4, -0.2) is 7.11 Å². The lowest BCUT2D eigenvalue weighted by Crippen LogP contribution is -2.02. The van der Waals surface area contributed by atoms with Crippen LogP contribution in [0.4, 0.5) is 5.69 Å². The van der Waals surface area contributed by atoms with Crippen LogP contribution in [0.2, 0.25) is 10.0 Å². The Kier molecular flexibility index (Phi) is 6.32. The van der Waals surface area contributed by atoms with Gasteiger partial charge >= 0.3 is 0 Å². The average molecular weight is 438 g/mol. The van der Waals surface area contributed by atoms with Gasteiger partial charge in [-0.2, -0.15) is 0 Å². The molecule has 4 aromatic rings. The van der Waals surface area contributed by atoms with Gasteiger partial charge in [-0.1, -0.05) is 71.7 Å². The third-order valence-electron chi connectivity index (χ3n) is 4.93. The lowest BCUT2D eigenvalue weighted by Gasteiger charge is -2.15. The first-order valence-electron chi connectivity index (χ1n) is 9.60. The molecule has 0 fully saturated rings. The molecule has 152 valence electrons. The van der Waals surface area contributed by atoms with Crippen LogP contribution in [0, 0.1) is 0 Å². The molecule has 0 radical (unpaired) electrons. The maximum absolute atomic E-state index is 6.23. The van der Waals surface area contributed by atoms with E-state index in [1.54, 1.807) is 19.2 Å². The molecule has 0 unspecified atom stereocenters. The summed E-state index contributed by atoms with van der Waals surface area (Å²) >= 11 is 12.5. The van der Waals surface area contributed by atoms with Gasteiger partial charge in [-0.3, -0.25) is 0 Å². The monoisotopic (exact) mass is 437 g/mol. The van der Waals surface area contributed by atoms with Gasteiger partial charge in [0.1, 0.15) is 6.61 Å². The zero-order valence-corrected chi connectivity index (χ0v) is 18.0. The summed E-state index contributed by atoms with van der Waals surface area (Å²) in [4.78, 5) is 0. The molecule has 1 N–H and O–H groups in total. The van der Waals surface area contributed by atoms with Gasteiger partial charge in [-0.25, -0.2) is 0 Å². The van der Waals surface area contributed by atoms with E-state index in [1.807, 2.05) is 36.4 Å². The van der Waals surface area contributed by atoms with Crippen molar-refractivity contribution in [2.24, 2.45) is 0 Å². The first-order chi connectivity index (χ1) is 14.7. The van der Waals surface area contributed by atoms with Crippen molar-refractivity contribution in [1.29, 1.82) is 0 Å². The van der Waals surface area contributed by atoms with Crippen molar-refractivity contribution in [1.82, 2.24) is 0 Å². The second kappa shape index (κ2) is 9.29. The van der Waals surface area contributed by atoms with Crippen LogP contribution < -0.4 is 14.8 Å². The Morgan fingerprint density at radius 3 is 2.33 bits per heavy atom. The normalized spacial score (nSPS) is 10.8. The summed E-state index contributed by atoms with van der Waals surface area (Å²) in [5.41, 5.74) is 2.94. The molecule has 0 aliphatic carbocycles. The van der Waals surface area contributed by atoms with Crippen LogP contribution in [0.15, 0.2) is 78.9 Å². The second-order valence-corrected chi connectivity index (χ2v) is 7.67. The molecule has 4 aromatic carbocycles. The lowest BCUT2D eigenvalue weighted by atomic mass is 10.1. The lowest BCUT2D eigenvalue weighted by molar-refractivity contribution is 0.284. The molecule has 0 atom stereocenters. The number of benzene rings is 4. The Morgan fingerprint density at radius 2 is 1.53 bits per heavy atom. The highest BCUT2D eigenvalue weighted by atomic mass is 35.5. The molecule has 5 heteroatoms. The Balaban J connectivity index is 1.48. The van der Waals surface area contributed by atoms with Crippen LogP contribution in [0.25, 0.3) is 10.8 Å². The van der Waals surface area contributed by atoms with E-state index in [0.29, 0.717) is 28.1 Å². The summed E-state index contributed by atoms with van der Waals surface area (Å²) in [6.07, 6.45) is 0.